The average molecular weight is 237 g/mol. The molecule has 0 saturated heterocycles. The number of hydrogen-bond donors (Lipinski definition) is 1. The molecule has 1 saturated carbocycles. The number of imidazole rings is 1. The van der Waals surface area contributed by atoms with E-state index in [0.717, 1.165) is 12.8 Å². The average Bonchev–Trinajstić information content (AvgIpc) is 2.95. The first kappa shape index (κ1) is 12.1. The van der Waals surface area contributed by atoms with Crippen molar-refractivity contribution in [1.82, 2.24) is 14.5 Å². The van der Waals surface area contributed by atoms with Crippen molar-refractivity contribution in [1.29, 1.82) is 0 Å². The van der Waals surface area contributed by atoms with Gasteiger partial charge in [-0.1, -0.05) is 12.8 Å². The van der Waals surface area contributed by atoms with Gasteiger partial charge in [0, 0.05) is 19.6 Å². The van der Waals surface area contributed by atoms with Crippen LogP contribution >= 0.6 is 0 Å². The molecule has 94 valence electrons. The van der Waals surface area contributed by atoms with Crippen LogP contribution in [-0.2, 0) is 7.05 Å². The van der Waals surface area contributed by atoms with Gasteiger partial charge in [0.1, 0.15) is 5.69 Å². The first-order valence-corrected chi connectivity index (χ1v) is 6.12. The summed E-state index contributed by atoms with van der Waals surface area (Å²) in [5, 5.41) is 9.10. The van der Waals surface area contributed by atoms with E-state index in [1.165, 1.54) is 12.8 Å². The molecule has 5 nitrogen and oxygen atoms in total. The molecule has 2 rings (SSSR count). The molecule has 17 heavy (non-hydrogen) atoms. The van der Waals surface area contributed by atoms with Gasteiger partial charge >= 0.3 is 0 Å². The Kier molecular flexibility index (Phi) is 3.78. The van der Waals surface area contributed by atoms with Crippen LogP contribution in [0.3, 0.4) is 0 Å². The van der Waals surface area contributed by atoms with Crippen LogP contribution in [0.1, 0.15) is 36.2 Å². The Labute approximate surface area is 101 Å². The highest BCUT2D eigenvalue weighted by molar-refractivity contribution is 5.92. The van der Waals surface area contributed by atoms with Gasteiger partial charge in [-0.15, -0.1) is 0 Å². The molecule has 0 unspecified atom stereocenters. The third kappa shape index (κ3) is 2.49. The maximum Gasteiger partial charge on any atom is 0.272 e. The molecule has 1 fully saturated rings. The quantitative estimate of drug-likeness (QED) is 0.842. The second-order valence-electron chi connectivity index (χ2n) is 4.55. The predicted octanol–water partition coefficient (Wildman–Crippen LogP) is 0.797. The van der Waals surface area contributed by atoms with Crippen LogP contribution in [0.5, 0.6) is 0 Å². The monoisotopic (exact) mass is 237 g/mol. The van der Waals surface area contributed by atoms with Crippen LogP contribution in [0.4, 0.5) is 0 Å². The number of carbonyl (C=O) groups excluding carboxylic acids is 1. The topological polar surface area (TPSA) is 58.4 Å². The fourth-order valence-electron chi connectivity index (χ4n) is 2.48. The molecule has 0 radical (unpaired) electrons. The molecule has 0 atom stereocenters. The summed E-state index contributed by atoms with van der Waals surface area (Å²) in [6, 6.07) is 0.282. The van der Waals surface area contributed by atoms with E-state index in [4.69, 9.17) is 5.11 Å². The number of rotatable bonds is 4. The number of amides is 1. The zero-order valence-corrected chi connectivity index (χ0v) is 10.2. The largest absolute Gasteiger partial charge is 0.395 e. The van der Waals surface area contributed by atoms with E-state index in [1.54, 1.807) is 22.0 Å². The summed E-state index contributed by atoms with van der Waals surface area (Å²) in [7, 11) is 1.81. The van der Waals surface area contributed by atoms with Crippen molar-refractivity contribution in [3.05, 3.63) is 18.2 Å². The molecule has 1 heterocycles. The molecule has 1 amide bonds. The molecule has 0 bridgehead atoms. The van der Waals surface area contributed by atoms with Crippen molar-refractivity contribution in [3.8, 4) is 0 Å². The zero-order chi connectivity index (χ0) is 12.3. The lowest BCUT2D eigenvalue weighted by atomic mass is 10.2. The minimum absolute atomic E-state index is 0.0140. The molecule has 1 aromatic heterocycles. The standard InChI is InChI=1S/C12H19N3O2/c1-14-9-13-8-11(14)12(17)15(6-7-16)10-4-2-3-5-10/h8-10,16H,2-7H2,1H3. The Morgan fingerprint density at radius 2 is 2.29 bits per heavy atom. The van der Waals surface area contributed by atoms with Gasteiger partial charge in [0.05, 0.1) is 19.1 Å². The van der Waals surface area contributed by atoms with Gasteiger partial charge in [-0.05, 0) is 12.8 Å². The normalized spacial score (nSPS) is 16.4. The molecule has 5 heteroatoms. The molecule has 0 aromatic carbocycles. The second kappa shape index (κ2) is 5.31. The Morgan fingerprint density at radius 3 is 2.82 bits per heavy atom. The number of aliphatic hydroxyl groups excluding tert-OH is 1. The number of carbonyl (C=O) groups is 1. The Morgan fingerprint density at radius 1 is 1.59 bits per heavy atom. The SMILES string of the molecule is Cn1cncc1C(=O)N(CCO)C1CCCC1. The first-order chi connectivity index (χ1) is 8.24. The maximum absolute atomic E-state index is 12.4. The fourth-order valence-corrected chi connectivity index (χ4v) is 2.48. The highest BCUT2D eigenvalue weighted by atomic mass is 16.3. The summed E-state index contributed by atoms with van der Waals surface area (Å²) in [4.78, 5) is 18.1. The number of aromatic nitrogens is 2. The lowest BCUT2D eigenvalue weighted by molar-refractivity contribution is 0.0628. The van der Waals surface area contributed by atoms with Gasteiger partial charge in [-0.2, -0.15) is 0 Å². The maximum atomic E-state index is 12.4. The van der Waals surface area contributed by atoms with E-state index in [-0.39, 0.29) is 18.6 Å². The van der Waals surface area contributed by atoms with Crippen molar-refractivity contribution in [2.45, 2.75) is 31.7 Å². The van der Waals surface area contributed by atoms with Gasteiger partial charge in [0.2, 0.25) is 0 Å². The minimum Gasteiger partial charge on any atom is -0.395 e. The van der Waals surface area contributed by atoms with Gasteiger partial charge in [0.15, 0.2) is 0 Å². The molecule has 1 aliphatic rings. The molecular formula is C12H19N3O2. The van der Waals surface area contributed by atoms with Crippen LogP contribution in [0.2, 0.25) is 0 Å². The van der Waals surface area contributed by atoms with E-state index in [9.17, 15) is 4.79 Å². The molecule has 1 aliphatic carbocycles. The van der Waals surface area contributed by atoms with Gasteiger partial charge in [-0.3, -0.25) is 4.79 Å². The van der Waals surface area contributed by atoms with Crippen LogP contribution in [0, 0.1) is 0 Å². The smallest absolute Gasteiger partial charge is 0.272 e. The van der Waals surface area contributed by atoms with E-state index in [0.29, 0.717) is 12.2 Å². The van der Waals surface area contributed by atoms with Crippen molar-refractivity contribution in [2.75, 3.05) is 13.2 Å². The second-order valence-corrected chi connectivity index (χ2v) is 4.55. The summed E-state index contributed by atoms with van der Waals surface area (Å²) >= 11 is 0. The Bertz CT molecular complexity index is 383. The summed E-state index contributed by atoms with van der Waals surface area (Å²) in [6.07, 6.45) is 7.64. The molecular weight excluding hydrogens is 218 g/mol. The number of nitrogens with zero attached hydrogens (tertiary/aromatic N) is 3. The lowest BCUT2D eigenvalue weighted by Crippen LogP contribution is -2.41. The summed E-state index contributed by atoms with van der Waals surface area (Å²) in [5.41, 5.74) is 0.588. The van der Waals surface area contributed by atoms with Crippen LogP contribution in [-0.4, -0.2) is 44.7 Å². The third-order valence-electron chi connectivity index (χ3n) is 3.40. The first-order valence-electron chi connectivity index (χ1n) is 6.12. The fraction of sp³-hybridized carbons (Fsp3) is 0.667. The number of aliphatic hydroxyl groups is 1. The van der Waals surface area contributed by atoms with Crippen LogP contribution in [0.15, 0.2) is 12.5 Å². The van der Waals surface area contributed by atoms with Gasteiger partial charge in [0.25, 0.3) is 5.91 Å². The third-order valence-corrected chi connectivity index (χ3v) is 3.40. The number of aryl methyl sites for hydroxylation is 1. The van der Waals surface area contributed by atoms with E-state index in [1.807, 2.05) is 7.05 Å². The Hall–Kier alpha value is -1.36. The van der Waals surface area contributed by atoms with Crippen LogP contribution in [0.25, 0.3) is 0 Å². The van der Waals surface area contributed by atoms with Gasteiger partial charge < -0.3 is 14.6 Å². The van der Waals surface area contributed by atoms with Gasteiger partial charge in [-0.25, -0.2) is 4.98 Å². The van der Waals surface area contributed by atoms with Crippen LogP contribution < -0.4 is 0 Å². The lowest BCUT2D eigenvalue weighted by Gasteiger charge is -2.28. The highest BCUT2D eigenvalue weighted by Gasteiger charge is 2.28. The number of hydrogen-bond acceptors (Lipinski definition) is 3. The van der Waals surface area contributed by atoms with Crippen molar-refractivity contribution in [2.24, 2.45) is 7.05 Å². The summed E-state index contributed by atoms with van der Waals surface area (Å²) in [6.45, 7) is 0.425. The summed E-state index contributed by atoms with van der Waals surface area (Å²) in [5.74, 6) is -0.0223. The Balaban J connectivity index is 2.15. The molecule has 0 spiro atoms. The predicted molar refractivity (Wildman–Crippen MR) is 63.6 cm³/mol. The molecule has 0 aliphatic heterocycles. The van der Waals surface area contributed by atoms with E-state index in [2.05, 4.69) is 4.98 Å². The molecule has 1 N–H and O–H groups in total. The van der Waals surface area contributed by atoms with Crippen molar-refractivity contribution in [3.63, 3.8) is 0 Å². The van der Waals surface area contributed by atoms with Crippen molar-refractivity contribution >= 4 is 5.91 Å². The van der Waals surface area contributed by atoms with E-state index >= 15 is 0 Å². The minimum atomic E-state index is -0.0223. The highest BCUT2D eigenvalue weighted by Crippen LogP contribution is 2.24. The molecule has 1 aromatic rings. The van der Waals surface area contributed by atoms with E-state index < -0.39 is 0 Å². The zero-order valence-electron chi connectivity index (χ0n) is 10.2. The van der Waals surface area contributed by atoms with Crippen molar-refractivity contribution < 1.29 is 9.90 Å². The summed E-state index contributed by atoms with van der Waals surface area (Å²) < 4.78 is 1.72.